The monoisotopic (exact) mass is 483 g/mol. The van der Waals surface area contributed by atoms with Crippen LogP contribution in [0.2, 0.25) is 0 Å². The molecule has 4 rings (SSSR count). The Morgan fingerprint density at radius 3 is 2.44 bits per heavy atom. The minimum atomic E-state index is -3.25. The molecule has 8 heteroatoms. The summed E-state index contributed by atoms with van der Waals surface area (Å²) < 4.78 is 31.5. The Morgan fingerprint density at radius 2 is 1.85 bits per heavy atom. The van der Waals surface area contributed by atoms with Crippen LogP contribution >= 0.6 is 0 Å². The molecular weight excluding hydrogens is 450 g/mol. The largest absolute Gasteiger partial charge is 0.444 e. The van der Waals surface area contributed by atoms with Gasteiger partial charge in [0.2, 0.25) is 0 Å². The number of amides is 1. The first-order chi connectivity index (χ1) is 15.9. The molecule has 0 bridgehead atoms. The summed E-state index contributed by atoms with van der Waals surface area (Å²) in [6, 6.07) is 9.60. The number of hydrogen-bond donors (Lipinski definition) is 0. The van der Waals surface area contributed by atoms with Gasteiger partial charge in [-0.05, 0) is 81.8 Å². The van der Waals surface area contributed by atoms with E-state index in [9.17, 15) is 13.2 Å². The number of rotatable bonds is 4. The fraction of sp³-hybridized carbons (Fsp3) is 0.462. The molecular formula is C26H33N3O4S. The van der Waals surface area contributed by atoms with Crippen molar-refractivity contribution in [2.24, 2.45) is 0 Å². The van der Waals surface area contributed by atoms with Crippen LogP contribution in [0.5, 0.6) is 0 Å². The maximum Gasteiger partial charge on any atom is 0.410 e. The molecule has 1 aliphatic heterocycles. The minimum absolute atomic E-state index is 0.239. The Hall–Kier alpha value is -2.87. The van der Waals surface area contributed by atoms with Crippen molar-refractivity contribution >= 4 is 26.8 Å². The van der Waals surface area contributed by atoms with E-state index in [1.165, 1.54) is 11.8 Å². The number of benzene rings is 1. The molecule has 0 spiro atoms. The molecule has 1 aliphatic rings. The first-order valence-corrected chi connectivity index (χ1v) is 13.5. The number of aryl methyl sites for hydroxylation is 1. The third-order valence-electron chi connectivity index (χ3n) is 6.25. The quantitative estimate of drug-likeness (QED) is 0.527. The number of nitrogens with zero attached hydrogens (tertiary/aromatic N) is 3. The lowest BCUT2D eigenvalue weighted by atomic mass is 9.90. The number of carbonyl (C=O) groups excluding carboxylic acids is 1. The number of sulfone groups is 1. The van der Waals surface area contributed by atoms with Crippen molar-refractivity contribution in [2.75, 3.05) is 19.3 Å². The predicted octanol–water partition coefficient (Wildman–Crippen LogP) is 4.91. The number of fused-ring (bicyclic) bond motifs is 1. The second-order valence-electron chi connectivity index (χ2n) is 10.2. The number of ether oxygens (including phenoxy) is 1. The molecule has 1 amide bonds. The van der Waals surface area contributed by atoms with Crippen LogP contribution in [-0.4, -0.2) is 53.9 Å². The summed E-state index contributed by atoms with van der Waals surface area (Å²) in [6.45, 7) is 9.57. The fourth-order valence-corrected chi connectivity index (χ4v) is 5.28. The zero-order chi connectivity index (χ0) is 24.7. The molecule has 0 N–H and O–H groups in total. The average molecular weight is 484 g/mol. The fourth-order valence-electron chi connectivity index (χ4n) is 4.55. The summed E-state index contributed by atoms with van der Waals surface area (Å²) >= 11 is 0. The predicted molar refractivity (Wildman–Crippen MR) is 133 cm³/mol. The van der Waals surface area contributed by atoms with E-state index in [1.54, 1.807) is 17.0 Å². The molecule has 0 aliphatic carbocycles. The normalized spacial score (nSPS) is 15.6. The molecule has 34 heavy (non-hydrogen) atoms. The minimum Gasteiger partial charge on any atom is -0.444 e. The molecule has 0 saturated carbocycles. The topological polar surface area (TPSA) is 81.5 Å². The van der Waals surface area contributed by atoms with Crippen LogP contribution in [0, 0.1) is 6.92 Å². The number of carbonyl (C=O) groups is 1. The molecule has 7 nitrogen and oxygen atoms in total. The van der Waals surface area contributed by atoms with Crippen molar-refractivity contribution in [3.8, 4) is 0 Å². The number of aromatic nitrogens is 2. The highest BCUT2D eigenvalue weighted by molar-refractivity contribution is 7.90. The van der Waals surface area contributed by atoms with Crippen molar-refractivity contribution in [3.63, 3.8) is 0 Å². The Labute approximate surface area is 201 Å². The summed E-state index contributed by atoms with van der Waals surface area (Å²) in [4.78, 5) is 19.1. The number of piperidine rings is 1. The first-order valence-electron chi connectivity index (χ1n) is 11.6. The van der Waals surface area contributed by atoms with Gasteiger partial charge in [-0.1, -0.05) is 6.07 Å². The van der Waals surface area contributed by atoms with E-state index in [1.807, 2.05) is 46.2 Å². The van der Waals surface area contributed by atoms with Crippen LogP contribution in [0.25, 0.3) is 10.9 Å². The van der Waals surface area contributed by atoms with Crippen molar-refractivity contribution in [2.45, 2.75) is 63.5 Å². The van der Waals surface area contributed by atoms with E-state index >= 15 is 0 Å². The van der Waals surface area contributed by atoms with E-state index in [0.29, 0.717) is 30.4 Å². The highest BCUT2D eigenvalue weighted by Gasteiger charge is 2.27. The number of hydrogen-bond acceptors (Lipinski definition) is 5. The molecule has 2 aromatic heterocycles. The SMILES string of the molecule is Cc1cc(S(C)(=O)=O)cc2ccn(Cc3ccc(C4CCN(C(=O)OC(C)(C)C)CC4)cn3)c12. The van der Waals surface area contributed by atoms with Crippen molar-refractivity contribution in [1.29, 1.82) is 0 Å². The van der Waals surface area contributed by atoms with E-state index in [4.69, 9.17) is 9.72 Å². The highest BCUT2D eigenvalue weighted by atomic mass is 32.2. The second-order valence-corrected chi connectivity index (χ2v) is 12.2. The zero-order valence-electron chi connectivity index (χ0n) is 20.5. The van der Waals surface area contributed by atoms with Crippen LogP contribution in [0.4, 0.5) is 4.79 Å². The van der Waals surface area contributed by atoms with Gasteiger partial charge in [-0.15, -0.1) is 0 Å². The zero-order valence-corrected chi connectivity index (χ0v) is 21.4. The van der Waals surface area contributed by atoms with Crippen LogP contribution in [-0.2, 0) is 21.1 Å². The van der Waals surface area contributed by atoms with E-state index in [2.05, 4.69) is 16.7 Å². The number of likely N-dealkylation sites (tertiary alicyclic amines) is 1. The van der Waals surface area contributed by atoms with Crippen molar-refractivity contribution in [1.82, 2.24) is 14.5 Å². The van der Waals surface area contributed by atoms with Gasteiger partial charge >= 0.3 is 6.09 Å². The van der Waals surface area contributed by atoms with Crippen molar-refractivity contribution in [3.05, 3.63) is 59.5 Å². The molecule has 0 unspecified atom stereocenters. The molecule has 1 saturated heterocycles. The van der Waals surface area contributed by atoms with E-state index in [0.717, 1.165) is 35.0 Å². The average Bonchev–Trinajstić information content (AvgIpc) is 3.16. The van der Waals surface area contributed by atoms with Gasteiger partial charge in [-0.25, -0.2) is 13.2 Å². The molecule has 182 valence electrons. The van der Waals surface area contributed by atoms with Crippen molar-refractivity contribution < 1.29 is 17.9 Å². The smallest absolute Gasteiger partial charge is 0.410 e. The van der Waals surface area contributed by atoms with Crippen LogP contribution in [0.15, 0.2) is 47.6 Å². The molecule has 3 aromatic rings. The van der Waals surface area contributed by atoms with Crippen LogP contribution in [0.1, 0.15) is 56.4 Å². The van der Waals surface area contributed by atoms with Gasteiger partial charge < -0.3 is 14.2 Å². The summed E-state index contributed by atoms with van der Waals surface area (Å²) in [5, 5.41) is 0.911. The number of pyridine rings is 1. The Balaban J connectivity index is 1.42. The van der Waals surface area contributed by atoms with Gasteiger partial charge in [0.25, 0.3) is 0 Å². The van der Waals surface area contributed by atoms with Gasteiger partial charge in [-0.3, -0.25) is 4.98 Å². The van der Waals surface area contributed by atoms with Gasteiger partial charge in [0.15, 0.2) is 9.84 Å². The van der Waals surface area contributed by atoms with Crippen LogP contribution in [0.3, 0.4) is 0 Å². The lowest BCUT2D eigenvalue weighted by molar-refractivity contribution is 0.0205. The van der Waals surface area contributed by atoms with Gasteiger partial charge in [-0.2, -0.15) is 0 Å². The third-order valence-corrected chi connectivity index (χ3v) is 7.34. The molecule has 1 fully saturated rings. The summed E-state index contributed by atoms with van der Waals surface area (Å²) in [7, 11) is -3.25. The molecule has 3 heterocycles. The lowest BCUT2D eigenvalue weighted by Crippen LogP contribution is -2.41. The molecule has 0 atom stereocenters. The Morgan fingerprint density at radius 1 is 1.15 bits per heavy atom. The van der Waals surface area contributed by atoms with Gasteiger partial charge in [0, 0.05) is 37.1 Å². The lowest BCUT2D eigenvalue weighted by Gasteiger charge is -2.33. The Bertz CT molecular complexity index is 1300. The van der Waals surface area contributed by atoms with Crippen LogP contribution < -0.4 is 0 Å². The van der Waals surface area contributed by atoms with E-state index in [-0.39, 0.29) is 6.09 Å². The van der Waals surface area contributed by atoms with E-state index < -0.39 is 15.4 Å². The third kappa shape index (κ3) is 5.43. The first kappa shape index (κ1) is 24.3. The maximum atomic E-state index is 12.3. The molecule has 1 aromatic carbocycles. The second kappa shape index (κ2) is 9.06. The molecule has 0 radical (unpaired) electrons. The summed E-state index contributed by atoms with van der Waals surface area (Å²) in [5.74, 6) is 0.379. The standard InChI is InChI=1S/C26H33N3O4S/c1-18-14-23(34(5,31)32)15-20-10-13-29(24(18)20)17-22-7-6-21(16-27-22)19-8-11-28(12-9-19)25(30)33-26(2,3)4/h6-7,10,13-16,19H,8-9,11-12,17H2,1-5H3. The van der Waals surface area contributed by atoms with Gasteiger partial charge in [0.05, 0.1) is 22.7 Å². The maximum absolute atomic E-state index is 12.3. The highest BCUT2D eigenvalue weighted by Crippen LogP contribution is 2.29. The summed E-state index contributed by atoms with van der Waals surface area (Å²) in [5.41, 5.74) is 3.61. The Kier molecular flexibility index (Phi) is 6.46. The van der Waals surface area contributed by atoms with Gasteiger partial charge in [0.1, 0.15) is 5.60 Å². The summed E-state index contributed by atoms with van der Waals surface area (Å²) in [6.07, 6.45) is 6.71.